The number of carbonyl (C=O) groups is 1. The van der Waals surface area contributed by atoms with Gasteiger partial charge in [0.05, 0.1) is 17.5 Å². The fraction of sp³-hybridized carbons (Fsp3) is 0.562. The van der Waals surface area contributed by atoms with Crippen LogP contribution < -0.4 is 0 Å². The number of nitrogens with zero attached hydrogens (tertiary/aromatic N) is 1. The van der Waals surface area contributed by atoms with Gasteiger partial charge in [0.25, 0.3) is 10.1 Å². The number of hydrogen-bond acceptors (Lipinski definition) is 5. The van der Waals surface area contributed by atoms with E-state index < -0.39 is 10.1 Å². The molecule has 7 heteroatoms. The van der Waals surface area contributed by atoms with Crippen LogP contribution in [0.25, 0.3) is 0 Å². The fourth-order valence-electron chi connectivity index (χ4n) is 3.93. The minimum Gasteiger partial charge on any atom is -0.393 e. The van der Waals surface area contributed by atoms with Gasteiger partial charge in [0, 0.05) is 18.0 Å². The first-order valence-corrected chi connectivity index (χ1v) is 9.27. The maximum absolute atomic E-state index is 11.5. The van der Waals surface area contributed by atoms with E-state index in [4.69, 9.17) is 4.55 Å². The predicted octanol–water partition coefficient (Wildman–Crippen LogP) is 1.11. The van der Waals surface area contributed by atoms with Crippen molar-refractivity contribution in [1.29, 1.82) is 0 Å². The molecule has 0 radical (unpaired) electrons. The summed E-state index contributed by atoms with van der Waals surface area (Å²) in [5.41, 5.74) is 0. The Morgan fingerprint density at radius 2 is 1.57 bits per heavy atom. The SMILES string of the molecule is O=C1CN2C3CC(O)C[C@H]2CC1C3.O=S(=O)(O)c1ccccc1. The second-order valence-electron chi connectivity index (χ2n) is 6.53. The van der Waals surface area contributed by atoms with Crippen LogP contribution in [0.2, 0.25) is 0 Å². The lowest BCUT2D eigenvalue weighted by Crippen LogP contribution is -2.62. The quantitative estimate of drug-likeness (QED) is 0.744. The minimum atomic E-state index is -4.00. The average Bonchev–Trinajstić information content (AvgIpc) is 2.48. The molecule has 4 unspecified atom stereocenters. The molecule has 5 atom stereocenters. The number of aliphatic hydroxyl groups excluding tert-OH is 1. The normalized spacial score (nSPS) is 35.4. The maximum Gasteiger partial charge on any atom is 0.294 e. The third kappa shape index (κ3) is 3.63. The van der Waals surface area contributed by atoms with Gasteiger partial charge in [-0.05, 0) is 37.8 Å². The van der Waals surface area contributed by atoms with Crippen LogP contribution in [0.5, 0.6) is 0 Å². The standard InChI is InChI=1S/C10H15NO2.C6H6O3S/c12-9-3-7-1-6-2-8(4-9)11(7)5-10(6)13;7-10(8,9)6-4-2-1-3-5-6/h6-9,12H,1-5H2;1-5H,(H,7,8,9)/t6?,7-,8?,9?;/m1./s1. The zero-order valence-corrected chi connectivity index (χ0v) is 13.5. The Bertz CT molecular complexity index is 659. The van der Waals surface area contributed by atoms with E-state index in [-0.39, 0.29) is 11.0 Å². The molecule has 126 valence electrons. The molecule has 4 aliphatic heterocycles. The Balaban J connectivity index is 0.000000142. The van der Waals surface area contributed by atoms with Crippen molar-refractivity contribution in [2.75, 3.05) is 6.54 Å². The van der Waals surface area contributed by atoms with Crippen LogP contribution in [0.4, 0.5) is 0 Å². The van der Waals surface area contributed by atoms with Gasteiger partial charge in [0.15, 0.2) is 0 Å². The lowest BCUT2D eigenvalue weighted by molar-refractivity contribution is -0.144. The molecule has 4 saturated heterocycles. The van der Waals surface area contributed by atoms with Crippen molar-refractivity contribution < 1.29 is 22.9 Å². The Morgan fingerprint density at radius 1 is 1.00 bits per heavy atom. The van der Waals surface area contributed by atoms with Crippen molar-refractivity contribution in [2.45, 2.75) is 48.8 Å². The van der Waals surface area contributed by atoms with Crippen molar-refractivity contribution >= 4 is 15.9 Å². The molecule has 4 bridgehead atoms. The molecule has 4 fully saturated rings. The van der Waals surface area contributed by atoms with Gasteiger partial charge in [-0.3, -0.25) is 14.2 Å². The summed E-state index contributed by atoms with van der Waals surface area (Å²) in [5.74, 6) is 0.761. The van der Waals surface area contributed by atoms with Crippen LogP contribution >= 0.6 is 0 Å². The van der Waals surface area contributed by atoms with Gasteiger partial charge in [0.1, 0.15) is 5.78 Å². The molecular formula is C16H21NO5S. The first kappa shape index (κ1) is 16.6. The summed E-state index contributed by atoms with van der Waals surface area (Å²) in [7, 11) is -4.00. The molecule has 1 aromatic rings. The third-order valence-corrected chi connectivity index (χ3v) is 5.84. The first-order chi connectivity index (χ1) is 10.8. The lowest BCUT2D eigenvalue weighted by atomic mass is 9.72. The summed E-state index contributed by atoms with van der Waals surface area (Å²) in [6.07, 6.45) is 3.68. The zero-order valence-electron chi connectivity index (χ0n) is 12.7. The first-order valence-electron chi connectivity index (χ1n) is 7.83. The highest BCUT2D eigenvalue weighted by molar-refractivity contribution is 7.85. The molecule has 0 saturated carbocycles. The number of Topliss-reactive ketones (excluding diaryl/α,β-unsaturated/α-hetero) is 1. The van der Waals surface area contributed by atoms with E-state index in [2.05, 4.69) is 4.90 Å². The molecule has 0 spiro atoms. The summed E-state index contributed by atoms with van der Waals surface area (Å²) in [6, 6.07) is 8.43. The van der Waals surface area contributed by atoms with Crippen LogP contribution in [0.15, 0.2) is 35.2 Å². The van der Waals surface area contributed by atoms with Crippen LogP contribution in [0.3, 0.4) is 0 Å². The smallest absolute Gasteiger partial charge is 0.294 e. The Morgan fingerprint density at radius 3 is 2.00 bits per heavy atom. The van der Waals surface area contributed by atoms with Crippen LogP contribution in [0, 0.1) is 5.92 Å². The van der Waals surface area contributed by atoms with E-state index >= 15 is 0 Å². The molecule has 6 nitrogen and oxygen atoms in total. The molecule has 4 aliphatic rings. The largest absolute Gasteiger partial charge is 0.393 e. The topological polar surface area (TPSA) is 94.9 Å². The number of piperidine rings is 4. The maximum atomic E-state index is 11.5. The van der Waals surface area contributed by atoms with Gasteiger partial charge in [0.2, 0.25) is 0 Å². The minimum absolute atomic E-state index is 0.0741. The summed E-state index contributed by atoms with van der Waals surface area (Å²) in [6.45, 7) is 0.659. The molecule has 23 heavy (non-hydrogen) atoms. The molecule has 2 N–H and O–H groups in total. The Kier molecular flexibility index (Phi) is 4.55. The number of fused-ring (bicyclic) bond motifs is 1. The van der Waals surface area contributed by atoms with Crippen molar-refractivity contribution in [2.24, 2.45) is 5.92 Å². The Labute approximate surface area is 135 Å². The highest BCUT2D eigenvalue weighted by Crippen LogP contribution is 2.41. The van der Waals surface area contributed by atoms with Crippen LogP contribution in [0.1, 0.15) is 25.7 Å². The second kappa shape index (κ2) is 6.32. The number of hydrogen-bond donors (Lipinski definition) is 2. The van der Waals surface area contributed by atoms with Gasteiger partial charge < -0.3 is 5.11 Å². The summed E-state index contributed by atoms with van der Waals surface area (Å²) in [4.78, 5) is 13.7. The summed E-state index contributed by atoms with van der Waals surface area (Å²) in [5, 5.41) is 9.60. The summed E-state index contributed by atoms with van der Waals surface area (Å²) < 4.78 is 29.2. The van der Waals surface area contributed by atoms with Gasteiger partial charge >= 0.3 is 0 Å². The molecule has 1 aromatic carbocycles. The lowest BCUT2D eigenvalue weighted by Gasteiger charge is -2.53. The number of rotatable bonds is 1. The van der Waals surface area contributed by atoms with E-state index in [0.29, 0.717) is 30.3 Å². The molecule has 5 rings (SSSR count). The number of ketones is 1. The van der Waals surface area contributed by atoms with Crippen molar-refractivity contribution in [3.8, 4) is 0 Å². The van der Waals surface area contributed by atoms with Crippen LogP contribution in [-0.2, 0) is 14.9 Å². The van der Waals surface area contributed by atoms with Gasteiger partial charge in [-0.2, -0.15) is 8.42 Å². The van der Waals surface area contributed by atoms with E-state index in [9.17, 15) is 18.3 Å². The molecule has 0 amide bonds. The highest BCUT2D eigenvalue weighted by Gasteiger charge is 2.48. The van der Waals surface area contributed by atoms with E-state index in [1.807, 2.05) is 0 Å². The zero-order chi connectivity index (χ0) is 16.6. The monoisotopic (exact) mass is 339 g/mol. The molecular weight excluding hydrogens is 318 g/mol. The van der Waals surface area contributed by atoms with E-state index in [0.717, 1.165) is 25.7 Å². The third-order valence-electron chi connectivity index (χ3n) is 4.97. The van der Waals surface area contributed by atoms with Crippen molar-refractivity contribution in [1.82, 2.24) is 4.90 Å². The van der Waals surface area contributed by atoms with Crippen molar-refractivity contribution in [3.05, 3.63) is 30.3 Å². The fourth-order valence-corrected chi connectivity index (χ4v) is 4.43. The second-order valence-corrected chi connectivity index (χ2v) is 7.95. The van der Waals surface area contributed by atoms with Gasteiger partial charge in [-0.1, -0.05) is 18.2 Å². The van der Waals surface area contributed by atoms with E-state index in [1.54, 1.807) is 18.2 Å². The summed E-state index contributed by atoms with van der Waals surface area (Å²) >= 11 is 0. The highest BCUT2D eigenvalue weighted by atomic mass is 32.2. The molecule has 0 aliphatic carbocycles. The molecule has 4 heterocycles. The molecule has 0 aromatic heterocycles. The van der Waals surface area contributed by atoms with Gasteiger partial charge in [-0.15, -0.1) is 0 Å². The van der Waals surface area contributed by atoms with E-state index in [1.165, 1.54) is 12.1 Å². The van der Waals surface area contributed by atoms with Crippen molar-refractivity contribution in [3.63, 3.8) is 0 Å². The average molecular weight is 339 g/mol. The van der Waals surface area contributed by atoms with Crippen LogP contribution in [-0.4, -0.2) is 53.5 Å². The number of carbonyl (C=O) groups excluding carboxylic acids is 1. The number of aliphatic hydroxyl groups is 1. The number of benzene rings is 1. The Hall–Kier alpha value is -1.28. The predicted molar refractivity (Wildman–Crippen MR) is 83.5 cm³/mol. The van der Waals surface area contributed by atoms with Gasteiger partial charge in [-0.25, -0.2) is 0 Å².